The van der Waals surface area contributed by atoms with Crippen LogP contribution in [0.5, 0.6) is 0 Å². The molecule has 0 unspecified atom stereocenters. The monoisotopic (exact) mass is 488 g/mol. The summed E-state index contributed by atoms with van der Waals surface area (Å²) < 4.78 is 1.80. The average molecular weight is 489 g/mol. The lowest BCUT2D eigenvalue weighted by atomic mass is 9.52. The number of tetrazole rings is 1. The molecule has 1 aromatic heterocycles. The minimum absolute atomic E-state index is 0.00285. The molecule has 0 saturated heterocycles. The van der Waals surface area contributed by atoms with Gasteiger partial charge in [0.1, 0.15) is 0 Å². The van der Waals surface area contributed by atoms with E-state index in [1.807, 2.05) is 26.2 Å². The highest BCUT2D eigenvalue weighted by atomic mass is 35.5. The Morgan fingerprint density at radius 2 is 1.76 bits per heavy atom. The minimum Gasteiger partial charge on any atom is -0.332 e. The zero-order valence-electron chi connectivity index (χ0n) is 19.5. The predicted molar refractivity (Wildman–Crippen MR) is 130 cm³/mol. The lowest BCUT2D eigenvalue weighted by molar-refractivity contribution is -0.149. The summed E-state index contributed by atoms with van der Waals surface area (Å²) in [5.41, 5.74) is 1.15. The van der Waals surface area contributed by atoms with E-state index in [1.54, 1.807) is 4.68 Å². The third kappa shape index (κ3) is 5.08. The van der Waals surface area contributed by atoms with Gasteiger partial charge in [0.2, 0.25) is 11.1 Å². The number of amides is 1. The first-order valence-corrected chi connectivity index (χ1v) is 13.4. The van der Waals surface area contributed by atoms with Gasteiger partial charge in [0.25, 0.3) is 0 Å². The van der Waals surface area contributed by atoms with Crippen molar-refractivity contribution in [3.63, 3.8) is 0 Å². The van der Waals surface area contributed by atoms with E-state index in [2.05, 4.69) is 37.5 Å². The van der Waals surface area contributed by atoms with Gasteiger partial charge in [-0.1, -0.05) is 35.5 Å². The molecule has 2 aromatic rings. The van der Waals surface area contributed by atoms with Gasteiger partial charge in [0.05, 0.1) is 12.3 Å². The third-order valence-electron chi connectivity index (χ3n) is 7.72. The van der Waals surface area contributed by atoms with Crippen LogP contribution in [-0.4, -0.2) is 67.8 Å². The highest BCUT2D eigenvalue weighted by Gasteiger charge is 2.54. The molecule has 6 rings (SSSR count). The second-order valence-corrected chi connectivity index (χ2v) is 11.9. The summed E-state index contributed by atoms with van der Waals surface area (Å²) in [7, 11) is 4.06. The molecule has 4 saturated carbocycles. The van der Waals surface area contributed by atoms with Crippen LogP contribution in [0, 0.1) is 17.8 Å². The van der Waals surface area contributed by atoms with Crippen LogP contribution in [0.25, 0.3) is 0 Å². The summed E-state index contributed by atoms with van der Waals surface area (Å²) in [6, 6.07) is 7.95. The Morgan fingerprint density at radius 1 is 1.12 bits per heavy atom. The van der Waals surface area contributed by atoms with Crippen molar-refractivity contribution in [2.24, 2.45) is 17.8 Å². The Kier molecular flexibility index (Phi) is 6.69. The molecule has 0 aliphatic heterocycles. The Hall–Kier alpha value is -1.64. The molecule has 4 aliphatic rings. The van der Waals surface area contributed by atoms with Gasteiger partial charge in [-0.2, -0.15) is 0 Å². The molecule has 4 aliphatic carbocycles. The lowest BCUT2D eigenvalue weighted by Crippen LogP contribution is -2.61. The van der Waals surface area contributed by atoms with Crippen LogP contribution >= 0.6 is 23.4 Å². The summed E-state index contributed by atoms with van der Waals surface area (Å²) in [5.74, 6) is 2.89. The van der Waals surface area contributed by atoms with E-state index in [9.17, 15) is 4.79 Å². The van der Waals surface area contributed by atoms with Crippen LogP contribution in [0.2, 0.25) is 5.02 Å². The van der Waals surface area contributed by atoms with Gasteiger partial charge < -0.3 is 9.80 Å². The SMILES string of the molecule is CN(C)CCn1nnnc1SCC(=O)N(Cc1ccc(Cl)cc1)C12CC3CC(CC(C3)C1)C2. The van der Waals surface area contributed by atoms with Crippen LogP contribution in [-0.2, 0) is 17.9 Å². The molecule has 1 heterocycles. The maximum Gasteiger partial charge on any atom is 0.233 e. The number of carbonyl (C=O) groups excluding carboxylic acids is 1. The molecule has 0 spiro atoms. The van der Waals surface area contributed by atoms with Crippen LogP contribution in [0.3, 0.4) is 0 Å². The van der Waals surface area contributed by atoms with E-state index >= 15 is 0 Å². The molecule has 1 amide bonds. The van der Waals surface area contributed by atoms with Gasteiger partial charge in [0, 0.05) is 23.7 Å². The number of likely N-dealkylation sites (N-methyl/N-ethyl adjacent to an activating group) is 1. The molecule has 4 bridgehead atoms. The molecule has 0 N–H and O–H groups in total. The lowest BCUT2D eigenvalue weighted by Gasteiger charge is -2.60. The van der Waals surface area contributed by atoms with Crippen molar-refractivity contribution in [1.82, 2.24) is 30.0 Å². The highest BCUT2D eigenvalue weighted by Crippen LogP contribution is 2.58. The number of hydrogen-bond acceptors (Lipinski definition) is 6. The normalized spacial score (nSPS) is 27.9. The number of hydrogen-bond donors (Lipinski definition) is 0. The zero-order chi connectivity index (χ0) is 23.0. The molecule has 4 fully saturated rings. The van der Waals surface area contributed by atoms with Crippen molar-refractivity contribution >= 4 is 29.3 Å². The van der Waals surface area contributed by atoms with E-state index < -0.39 is 0 Å². The molecule has 9 heteroatoms. The Labute approximate surface area is 205 Å². The smallest absolute Gasteiger partial charge is 0.233 e. The first-order valence-electron chi connectivity index (χ1n) is 12.0. The van der Waals surface area contributed by atoms with Crippen molar-refractivity contribution in [3.05, 3.63) is 34.9 Å². The summed E-state index contributed by atoms with van der Waals surface area (Å²) >= 11 is 7.58. The second kappa shape index (κ2) is 9.55. The number of benzene rings is 1. The zero-order valence-corrected chi connectivity index (χ0v) is 21.1. The van der Waals surface area contributed by atoms with Gasteiger partial charge in [-0.05, 0) is 98.5 Å². The Bertz CT molecular complexity index is 942. The van der Waals surface area contributed by atoms with Gasteiger partial charge in [-0.15, -0.1) is 5.10 Å². The van der Waals surface area contributed by atoms with Crippen LogP contribution in [0.4, 0.5) is 0 Å². The fourth-order valence-corrected chi connectivity index (χ4v) is 7.53. The van der Waals surface area contributed by atoms with Crippen molar-refractivity contribution in [2.75, 3.05) is 26.4 Å². The second-order valence-electron chi connectivity index (χ2n) is 10.5. The topological polar surface area (TPSA) is 67.2 Å². The van der Waals surface area contributed by atoms with Crippen LogP contribution < -0.4 is 0 Å². The quantitative estimate of drug-likeness (QED) is 0.497. The molecule has 1 aromatic carbocycles. The highest BCUT2D eigenvalue weighted by molar-refractivity contribution is 7.99. The molecule has 0 radical (unpaired) electrons. The van der Waals surface area contributed by atoms with E-state index in [1.165, 1.54) is 31.0 Å². The summed E-state index contributed by atoms with van der Waals surface area (Å²) in [6.07, 6.45) is 7.55. The van der Waals surface area contributed by atoms with E-state index in [-0.39, 0.29) is 11.4 Å². The van der Waals surface area contributed by atoms with Gasteiger partial charge in [-0.25, -0.2) is 4.68 Å². The number of halogens is 1. The van der Waals surface area contributed by atoms with Gasteiger partial charge in [-0.3, -0.25) is 4.79 Å². The summed E-state index contributed by atoms with van der Waals surface area (Å²) in [5, 5.41) is 13.6. The molecule has 178 valence electrons. The van der Waals surface area contributed by atoms with Gasteiger partial charge in [0.15, 0.2) is 0 Å². The number of rotatable bonds is 9. The van der Waals surface area contributed by atoms with Crippen molar-refractivity contribution in [1.29, 1.82) is 0 Å². The molecule has 7 nitrogen and oxygen atoms in total. The fraction of sp³-hybridized carbons (Fsp3) is 0.667. The minimum atomic E-state index is 0.00285. The fourth-order valence-electron chi connectivity index (χ4n) is 6.63. The molecule has 0 atom stereocenters. The number of thioether (sulfide) groups is 1. The maximum absolute atomic E-state index is 13.8. The Balaban J connectivity index is 1.34. The van der Waals surface area contributed by atoms with Crippen molar-refractivity contribution < 1.29 is 4.79 Å². The Morgan fingerprint density at radius 3 is 2.36 bits per heavy atom. The maximum atomic E-state index is 13.8. The number of carbonyl (C=O) groups is 1. The van der Waals surface area contributed by atoms with Crippen molar-refractivity contribution in [2.45, 2.75) is 62.3 Å². The van der Waals surface area contributed by atoms with E-state index in [0.717, 1.165) is 54.1 Å². The van der Waals surface area contributed by atoms with Gasteiger partial charge >= 0.3 is 0 Å². The summed E-state index contributed by atoms with van der Waals surface area (Å²) in [6.45, 7) is 2.21. The van der Waals surface area contributed by atoms with Crippen LogP contribution in [0.15, 0.2) is 29.4 Å². The molecule has 33 heavy (non-hydrogen) atoms. The average Bonchev–Trinajstić information content (AvgIpc) is 3.22. The number of nitrogens with zero attached hydrogens (tertiary/aromatic N) is 6. The van der Waals surface area contributed by atoms with Crippen LogP contribution in [0.1, 0.15) is 44.1 Å². The first-order chi connectivity index (χ1) is 15.9. The first kappa shape index (κ1) is 23.1. The summed E-state index contributed by atoms with van der Waals surface area (Å²) in [4.78, 5) is 18.1. The third-order valence-corrected chi connectivity index (χ3v) is 8.91. The van der Waals surface area contributed by atoms with Crippen molar-refractivity contribution in [3.8, 4) is 0 Å². The molecular formula is C24H33ClN6OS. The predicted octanol–water partition coefficient (Wildman–Crippen LogP) is 3.98. The van der Waals surface area contributed by atoms with E-state index in [0.29, 0.717) is 24.0 Å². The largest absolute Gasteiger partial charge is 0.332 e. The van der Waals surface area contributed by atoms with E-state index in [4.69, 9.17) is 11.6 Å². The standard InChI is InChI=1S/C24H33ClN6OS/c1-29(2)7-8-31-23(26-27-28-31)33-16-22(32)30(15-17-3-5-21(25)6-4-17)24-12-18-9-19(13-24)11-20(10-18)14-24/h3-6,18-20H,7-16H2,1-2H3. The number of aromatic nitrogens is 4. The molecular weight excluding hydrogens is 456 g/mol.